The minimum absolute atomic E-state index is 0.0572. The summed E-state index contributed by atoms with van der Waals surface area (Å²) in [4.78, 5) is 15.9. The topological polar surface area (TPSA) is 35.9 Å². The molecule has 0 bridgehead atoms. The van der Waals surface area contributed by atoms with Crippen LogP contribution in [0, 0.1) is 12.8 Å². The summed E-state index contributed by atoms with van der Waals surface area (Å²) in [7, 11) is 0. The SMILES string of the molecule is Cc1ccccc1[C@@H]1CC(c2ccccc2Cl)=NN1C(=O)CN1CCC(Cc2ccccc2)CC1. The van der Waals surface area contributed by atoms with Crippen molar-refractivity contribution in [1.82, 2.24) is 9.91 Å². The van der Waals surface area contributed by atoms with Gasteiger partial charge >= 0.3 is 0 Å². The Kier molecular flexibility index (Phi) is 7.31. The fourth-order valence-corrected chi connectivity index (χ4v) is 5.61. The Balaban J connectivity index is 1.29. The van der Waals surface area contributed by atoms with Crippen LogP contribution in [-0.4, -0.2) is 41.2 Å². The van der Waals surface area contributed by atoms with Crippen molar-refractivity contribution in [2.75, 3.05) is 19.6 Å². The number of hydrazone groups is 1. The number of carbonyl (C=O) groups excluding carboxylic acids is 1. The number of halogens is 1. The van der Waals surface area contributed by atoms with Gasteiger partial charge in [0.2, 0.25) is 0 Å². The molecule has 35 heavy (non-hydrogen) atoms. The molecule has 2 aliphatic rings. The van der Waals surface area contributed by atoms with E-state index < -0.39 is 0 Å². The van der Waals surface area contributed by atoms with Crippen LogP contribution in [0.2, 0.25) is 5.02 Å². The van der Waals surface area contributed by atoms with Crippen molar-refractivity contribution in [2.24, 2.45) is 11.0 Å². The fraction of sp³-hybridized carbons (Fsp3) is 0.333. The number of aryl methyl sites for hydroxylation is 1. The summed E-state index contributed by atoms with van der Waals surface area (Å²) in [5.74, 6) is 0.738. The van der Waals surface area contributed by atoms with E-state index in [1.54, 1.807) is 5.01 Å². The van der Waals surface area contributed by atoms with Gasteiger partial charge in [0.05, 0.1) is 18.3 Å². The first kappa shape index (κ1) is 23.8. The number of nitrogens with zero attached hydrogens (tertiary/aromatic N) is 3. The van der Waals surface area contributed by atoms with Crippen molar-refractivity contribution in [3.05, 3.63) is 106 Å². The molecule has 0 unspecified atom stereocenters. The molecular weight excluding hydrogens is 454 g/mol. The molecule has 4 nitrogen and oxygen atoms in total. The van der Waals surface area contributed by atoms with E-state index in [2.05, 4.69) is 54.3 Å². The van der Waals surface area contributed by atoms with Crippen molar-refractivity contribution in [1.29, 1.82) is 0 Å². The van der Waals surface area contributed by atoms with Crippen molar-refractivity contribution in [2.45, 2.75) is 38.6 Å². The average Bonchev–Trinajstić information content (AvgIpc) is 3.32. The van der Waals surface area contributed by atoms with E-state index >= 15 is 0 Å². The Labute approximate surface area is 213 Å². The summed E-state index contributed by atoms with van der Waals surface area (Å²) >= 11 is 6.49. The Morgan fingerprint density at radius 3 is 2.37 bits per heavy atom. The molecule has 5 rings (SSSR count). The van der Waals surface area contributed by atoms with Gasteiger partial charge in [-0.15, -0.1) is 0 Å². The monoisotopic (exact) mass is 485 g/mol. The van der Waals surface area contributed by atoms with E-state index in [0.717, 1.165) is 49.2 Å². The second-order valence-corrected chi connectivity index (χ2v) is 10.2. The largest absolute Gasteiger partial charge is 0.294 e. The molecule has 0 saturated carbocycles. The van der Waals surface area contributed by atoms with Crippen molar-refractivity contribution in [3.8, 4) is 0 Å². The van der Waals surface area contributed by atoms with Crippen LogP contribution in [0.5, 0.6) is 0 Å². The molecule has 0 spiro atoms. The first-order valence-corrected chi connectivity index (χ1v) is 12.9. The number of carbonyl (C=O) groups is 1. The highest BCUT2D eigenvalue weighted by atomic mass is 35.5. The lowest BCUT2D eigenvalue weighted by Gasteiger charge is -2.33. The molecule has 2 heterocycles. The maximum Gasteiger partial charge on any atom is 0.257 e. The van der Waals surface area contributed by atoms with Crippen molar-refractivity contribution in [3.63, 3.8) is 0 Å². The van der Waals surface area contributed by atoms with E-state index in [1.807, 2.05) is 36.4 Å². The number of rotatable bonds is 6. The zero-order valence-electron chi connectivity index (χ0n) is 20.2. The van der Waals surface area contributed by atoms with Crippen LogP contribution in [-0.2, 0) is 11.2 Å². The lowest BCUT2D eigenvalue weighted by atomic mass is 9.90. The van der Waals surface area contributed by atoms with Gasteiger partial charge in [0.1, 0.15) is 0 Å². The lowest BCUT2D eigenvalue weighted by molar-refractivity contribution is -0.134. The molecule has 1 fully saturated rings. The van der Waals surface area contributed by atoms with E-state index in [4.69, 9.17) is 16.7 Å². The molecule has 0 N–H and O–H groups in total. The molecule has 1 atom stereocenters. The van der Waals surface area contributed by atoms with E-state index in [-0.39, 0.29) is 11.9 Å². The Bertz CT molecular complexity index is 1200. The van der Waals surface area contributed by atoms with Crippen LogP contribution in [0.25, 0.3) is 0 Å². The summed E-state index contributed by atoms with van der Waals surface area (Å²) in [6.07, 6.45) is 4.03. The van der Waals surface area contributed by atoms with Gasteiger partial charge < -0.3 is 0 Å². The maximum atomic E-state index is 13.6. The van der Waals surface area contributed by atoms with Gasteiger partial charge in [-0.2, -0.15) is 5.10 Å². The average molecular weight is 486 g/mol. The molecule has 3 aromatic carbocycles. The van der Waals surface area contributed by atoms with Crippen LogP contribution < -0.4 is 0 Å². The third-order valence-corrected chi connectivity index (χ3v) is 7.66. The summed E-state index contributed by atoms with van der Waals surface area (Å²) in [5.41, 5.74) is 5.51. The van der Waals surface area contributed by atoms with E-state index in [9.17, 15) is 4.79 Å². The van der Waals surface area contributed by atoms with Crippen LogP contribution in [0.3, 0.4) is 0 Å². The van der Waals surface area contributed by atoms with Crippen molar-refractivity contribution < 1.29 is 4.79 Å². The molecule has 5 heteroatoms. The molecule has 1 saturated heterocycles. The molecule has 0 aliphatic carbocycles. The van der Waals surface area contributed by atoms with Crippen LogP contribution in [0.15, 0.2) is 84.0 Å². The number of hydrogen-bond donors (Lipinski definition) is 0. The highest BCUT2D eigenvalue weighted by molar-refractivity contribution is 6.34. The zero-order chi connectivity index (χ0) is 24.2. The number of benzene rings is 3. The number of hydrogen-bond acceptors (Lipinski definition) is 3. The molecule has 180 valence electrons. The molecule has 0 radical (unpaired) electrons. The Hall–Kier alpha value is -2.95. The smallest absolute Gasteiger partial charge is 0.257 e. The van der Waals surface area contributed by atoms with Crippen molar-refractivity contribution >= 4 is 23.2 Å². The normalized spacial score (nSPS) is 19.1. The summed E-state index contributed by atoms with van der Waals surface area (Å²) < 4.78 is 0. The highest BCUT2D eigenvalue weighted by Gasteiger charge is 2.35. The van der Waals surface area contributed by atoms with Gasteiger partial charge in [-0.1, -0.05) is 84.4 Å². The first-order valence-electron chi connectivity index (χ1n) is 12.5. The highest BCUT2D eigenvalue weighted by Crippen LogP contribution is 2.36. The Morgan fingerprint density at radius 2 is 1.63 bits per heavy atom. The zero-order valence-corrected chi connectivity index (χ0v) is 21.0. The summed E-state index contributed by atoms with van der Waals surface area (Å²) in [6.45, 7) is 4.41. The fourth-order valence-electron chi connectivity index (χ4n) is 5.36. The molecule has 1 amide bonds. The predicted molar refractivity (Wildman–Crippen MR) is 143 cm³/mol. The standard InChI is InChI=1S/C30H32ClN3O/c1-22-9-5-6-12-25(22)29-20-28(26-13-7-8-14-27(26)31)32-34(29)30(35)21-33-17-15-24(16-18-33)19-23-10-3-2-4-11-23/h2-14,24,29H,15-21H2,1H3/t29-/m0/s1. The first-order chi connectivity index (χ1) is 17.1. The van der Waals surface area contributed by atoms with Gasteiger partial charge in [-0.3, -0.25) is 9.69 Å². The third kappa shape index (κ3) is 5.50. The lowest BCUT2D eigenvalue weighted by Crippen LogP contribution is -2.42. The third-order valence-electron chi connectivity index (χ3n) is 7.33. The van der Waals surface area contributed by atoms with Gasteiger partial charge in [0.25, 0.3) is 5.91 Å². The van der Waals surface area contributed by atoms with Crippen LogP contribution >= 0.6 is 11.6 Å². The van der Waals surface area contributed by atoms with Crippen LogP contribution in [0.1, 0.15) is 47.6 Å². The number of amides is 1. The van der Waals surface area contributed by atoms with Gasteiger partial charge in [-0.05, 0) is 68.0 Å². The second-order valence-electron chi connectivity index (χ2n) is 9.75. The van der Waals surface area contributed by atoms with Gasteiger partial charge in [0, 0.05) is 17.0 Å². The van der Waals surface area contributed by atoms with E-state index in [1.165, 1.54) is 11.1 Å². The minimum atomic E-state index is -0.106. The molecule has 2 aliphatic heterocycles. The quantitative estimate of drug-likeness (QED) is 0.412. The molecular formula is C30H32ClN3O. The Morgan fingerprint density at radius 1 is 0.943 bits per heavy atom. The van der Waals surface area contributed by atoms with E-state index in [0.29, 0.717) is 23.9 Å². The number of piperidine rings is 1. The molecule has 0 aromatic heterocycles. The minimum Gasteiger partial charge on any atom is -0.294 e. The molecule has 3 aromatic rings. The van der Waals surface area contributed by atoms with Crippen LogP contribution in [0.4, 0.5) is 0 Å². The van der Waals surface area contributed by atoms with Gasteiger partial charge in [-0.25, -0.2) is 5.01 Å². The summed E-state index contributed by atoms with van der Waals surface area (Å²) in [6, 6.07) is 26.7. The van der Waals surface area contributed by atoms with Gasteiger partial charge in [0.15, 0.2) is 0 Å². The second kappa shape index (κ2) is 10.8. The predicted octanol–water partition coefficient (Wildman–Crippen LogP) is 6.28. The summed E-state index contributed by atoms with van der Waals surface area (Å²) in [5, 5.41) is 7.23. The number of likely N-dealkylation sites (tertiary alicyclic amines) is 1. The maximum absolute atomic E-state index is 13.6.